The Morgan fingerprint density at radius 2 is 1.83 bits per heavy atom. The van der Waals surface area contributed by atoms with Crippen LogP contribution < -0.4 is 9.64 Å². The SMILES string of the molecule is COc1ccccc1N1CCN(Cc2ccc(F)c(Br)c2)CC1. The normalized spacial score (nSPS) is 15.7. The number of hydrogen-bond donors (Lipinski definition) is 0. The molecule has 0 atom stereocenters. The van der Waals surface area contributed by atoms with E-state index in [0.717, 1.165) is 49.7 Å². The molecular formula is C18H20BrFN2O. The summed E-state index contributed by atoms with van der Waals surface area (Å²) >= 11 is 3.25. The summed E-state index contributed by atoms with van der Waals surface area (Å²) in [6.45, 7) is 4.73. The second-order valence-electron chi connectivity index (χ2n) is 5.68. The summed E-state index contributed by atoms with van der Waals surface area (Å²) < 4.78 is 19.3. The van der Waals surface area contributed by atoms with E-state index >= 15 is 0 Å². The van der Waals surface area contributed by atoms with Crippen molar-refractivity contribution in [3.8, 4) is 5.75 Å². The zero-order valence-corrected chi connectivity index (χ0v) is 14.7. The average Bonchev–Trinajstić information content (AvgIpc) is 2.59. The van der Waals surface area contributed by atoms with Crippen LogP contribution in [0.1, 0.15) is 5.56 Å². The number of methoxy groups -OCH3 is 1. The Hall–Kier alpha value is -1.59. The molecule has 3 nitrogen and oxygen atoms in total. The van der Waals surface area contributed by atoms with Crippen molar-refractivity contribution >= 4 is 21.6 Å². The Balaban J connectivity index is 1.61. The van der Waals surface area contributed by atoms with Gasteiger partial charge in [0.05, 0.1) is 17.3 Å². The van der Waals surface area contributed by atoms with Crippen molar-refractivity contribution < 1.29 is 9.13 Å². The number of halogens is 2. The number of nitrogens with zero attached hydrogens (tertiary/aromatic N) is 2. The van der Waals surface area contributed by atoms with Crippen molar-refractivity contribution in [2.75, 3.05) is 38.2 Å². The summed E-state index contributed by atoms with van der Waals surface area (Å²) in [4.78, 5) is 4.75. The van der Waals surface area contributed by atoms with Gasteiger partial charge in [-0.1, -0.05) is 18.2 Å². The molecule has 0 spiro atoms. The molecule has 5 heteroatoms. The molecule has 1 fully saturated rings. The van der Waals surface area contributed by atoms with Gasteiger partial charge in [-0.05, 0) is 45.8 Å². The predicted molar refractivity (Wildman–Crippen MR) is 94.6 cm³/mol. The summed E-state index contributed by atoms with van der Waals surface area (Å²) in [6, 6.07) is 13.4. The van der Waals surface area contributed by atoms with E-state index in [9.17, 15) is 4.39 Å². The van der Waals surface area contributed by atoms with E-state index < -0.39 is 0 Å². The van der Waals surface area contributed by atoms with Gasteiger partial charge in [-0.3, -0.25) is 4.90 Å². The number of para-hydroxylation sites is 2. The molecule has 3 rings (SSSR count). The maximum absolute atomic E-state index is 13.3. The molecule has 23 heavy (non-hydrogen) atoms. The van der Waals surface area contributed by atoms with E-state index in [1.54, 1.807) is 7.11 Å². The van der Waals surface area contributed by atoms with Crippen molar-refractivity contribution in [3.63, 3.8) is 0 Å². The number of piperazine rings is 1. The summed E-state index contributed by atoms with van der Waals surface area (Å²) in [5.41, 5.74) is 2.28. The molecule has 2 aromatic carbocycles. The first-order valence-corrected chi connectivity index (χ1v) is 8.51. The lowest BCUT2D eigenvalue weighted by Crippen LogP contribution is -2.46. The Morgan fingerprint density at radius 1 is 1.09 bits per heavy atom. The second kappa shape index (κ2) is 7.32. The lowest BCUT2D eigenvalue weighted by atomic mass is 10.2. The molecule has 0 aliphatic carbocycles. The fourth-order valence-electron chi connectivity index (χ4n) is 2.93. The molecule has 0 saturated carbocycles. The average molecular weight is 379 g/mol. The molecule has 1 aliphatic rings. The van der Waals surface area contributed by atoms with Crippen LogP contribution in [0.25, 0.3) is 0 Å². The molecule has 1 heterocycles. The van der Waals surface area contributed by atoms with Crippen LogP contribution >= 0.6 is 15.9 Å². The summed E-state index contributed by atoms with van der Waals surface area (Å²) in [6.07, 6.45) is 0. The minimum atomic E-state index is -0.213. The smallest absolute Gasteiger partial charge is 0.142 e. The summed E-state index contributed by atoms with van der Waals surface area (Å²) in [5.74, 6) is 0.707. The molecule has 1 aliphatic heterocycles. The maximum Gasteiger partial charge on any atom is 0.142 e. The van der Waals surface area contributed by atoms with Crippen LogP contribution in [0.2, 0.25) is 0 Å². The highest BCUT2D eigenvalue weighted by Gasteiger charge is 2.19. The molecule has 1 saturated heterocycles. The highest BCUT2D eigenvalue weighted by molar-refractivity contribution is 9.10. The van der Waals surface area contributed by atoms with Gasteiger partial charge in [0.1, 0.15) is 11.6 Å². The van der Waals surface area contributed by atoms with Crippen molar-refractivity contribution in [2.24, 2.45) is 0 Å². The van der Waals surface area contributed by atoms with Crippen molar-refractivity contribution in [2.45, 2.75) is 6.54 Å². The number of rotatable bonds is 4. The van der Waals surface area contributed by atoms with E-state index in [2.05, 4.69) is 31.8 Å². The molecule has 0 N–H and O–H groups in total. The second-order valence-corrected chi connectivity index (χ2v) is 6.54. The van der Waals surface area contributed by atoms with E-state index in [-0.39, 0.29) is 5.82 Å². The third kappa shape index (κ3) is 3.85. The van der Waals surface area contributed by atoms with Gasteiger partial charge in [0.2, 0.25) is 0 Å². The van der Waals surface area contributed by atoms with E-state index in [0.29, 0.717) is 4.47 Å². The number of benzene rings is 2. The van der Waals surface area contributed by atoms with Gasteiger partial charge in [-0.2, -0.15) is 0 Å². The molecule has 2 aromatic rings. The van der Waals surface area contributed by atoms with Gasteiger partial charge in [0.15, 0.2) is 0 Å². The standard InChI is InChI=1S/C18H20BrFN2O/c1-23-18-5-3-2-4-17(18)22-10-8-21(9-11-22)13-14-6-7-16(20)15(19)12-14/h2-7,12H,8-11,13H2,1H3. The third-order valence-electron chi connectivity index (χ3n) is 4.19. The van der Waals surface area contributed by atoms with Crippen LogP contribution in [-0.2, 0) is 6.54 Å². The van der Waals surface area contributed by atoms with Crippen LogP contribution in [0.15, 0.2) is 46.9 Å². The molecule has 0 aromatic heterocycles. The highest BCUT2D eigenvalue weighted by atomic mass is 79.9. The van der Waals surface area contributed by atoms with Crippen LogP contribution in [0.4, 0.5) is 10.1 Å². The first-order valence-electron chi connectivity index (χ1n) is 7.71. The molecule has 0 unspecified atom stereocenters. The minimum absolute atomic E-state index is 0.213. The summed E-state index contributed by atoms with van der Waals surface area (Å²) in [5, 5.41) is 0. The van der Waals surface area contributed by atoms with Gasteiger partial charge < -0.3 is 9.64 Å². The molecule has 122 valence electrons. The zero-order chi connectivity index (χ0) is 16.2. The number of anilines is 1. The molecule has 0 bridgehead atoms. The van der Waals surface area contributed by atoms with E-state index in [1.165, 1.54) is 6.07 Å². The van der Waals surface area contributed by atoms with E-state index in [4.69, 9.17) is 4.74 Å². The largest absolute Gasteiger partial charge is 0.495 e. The quantitative estimate of drug-likeness (QED) is 0.801. The van der Waals surface area contributed by atoms with Gasteiger partial charge >= 0.3 is 0 Å². The van der Waals surface area contributed by atoms with Gasteiger partial charge in [-0.15, -0.1) is 0 Å². The van der Waals surface area contributed by atoms with Gasteiger partial charge in [-0.25, -0.2) is 4.39 Å². The molecular weight excluding hydrogens is 359 g/mol. The van der Waals surface area contributed by atoms with Crippen LogP contribution in [0.3, 0.4) is 0 Å². The fraction of sp³-hybridized carbons (Fsp3) is 0.333. The van der Waals surface area contributed by atoms with Crippen molar-refractivity contribution in [1.29, 1.82) is 0 Å². The van der Waals surface area contributed by atoms with Crippen molar-refractivity contribution in [1.82, 2.24) is 4.90 Å². The lowest BCUT2D eigenvalue weighted by molar-refractivity contribution is 0.249. The zero-order valence-electron chi connectivity index (χ0n) is 13.1. The predicted octanol–water partition coefficient (Wildman–Crippen LogP) is 3.92. The van der Waals surface area contributed by atoms with E-state index in [1.807, 2.05) is 30.3 Å². The Kier molecular flexibility index (Phi) is 5.18. The monoisotopic (exact) mass is 378 g/mol. The third-order valence-corrected chi connectivity index (χ3v) is 4.80. The fourth-order valence-corrected chi connectivity index (χ4v) is 3.36. The topological polar surface area (TPSA) is 15.7 Å². The minimum Gasteiger partial charge on any atom is -0.495 e. The first-order chi connectivity index (χ1) is 11.2. The van der Waals surface area contributed by atoms with Gasteiger partial charge in [0.25, 0.3) is 0 Å². The Morgan fingerprint density at radius 3 is 2.52 bits per heavy atom. The van der Waals surface area contributed by atoms with Crippen LogP contribution in [0.5, 0.6) is 5.75 Å². The van der Waals surface area contributed by atoms with Crippen LogP contribution in [0, 0.1) is 5.82 Å². The highest BCUT2D eigenvalue weighted by Crippen LogP contribution is 2.28. The van der Waals surface area contributed by atoms with Crippen LogP contribution in [-0.4, -0.2) is 38.2 Å². The number of hydrogen-bond acceptors (Lipinski definition) is 3. The van der Waals surface area contributed by atoms with Gasteiger partial charge in [0, 0.05) is 32.7 Å². The summed E-state index contributed by atoms with van der Waals surface area (Å²) in [7, 11) is 1.71. The Bertz CT molecular complexity index is 672. The number of ether oxygens (including phenoxy) is 1. The Labute approximate surface area is 144 Å². The lowest BCUT2D eigenvalue weighted by Gasteiger charge is -2.36. The molecule has 0 amide bonds. The van der Waals surface area contributed by atoms with Crippen molar-refractivity contribution in [3.05, 3.63) is 58.3 Å². The first kappa shape index (κ1) is 16.3. The maximum atomic E-state index is 13.3. The molecule has 0 radical (unpaired) electrons.